The minimum Gasteiger partial charge on any atom is -0.508 e. The predicted octanol–water partition coefficient (Wildman–Crippen LogP) is 1.91. The summed E-state index contributed by atoms with van der Waals surface area (Å²) < 4.78 is 0. The van der Waals surface area contributed by atoms with Crippen LogP contribution in [0.1, 0.15) is 5.56 Å². The van der Waals surface area contributed by atoms with E-state index in [1.807, 2.05) is 0 Å². The molecule has 2 N–H and O–H groups in total. The highest BCUT2D eigenvalue weighted by molar-refractivity contribution is 5.42. The first-order chi connectivity index (χ1) is 5.75. The molecule has 0 aliphatic rings. The van der Waals surface area contributed by atoms with Crippen LogP contribution in [0.15, 0.2) is 23.3 Å². The topological polar surface area (TPSA) is 89.2 Å². The Bertz CT molecular complexity index is 311. The summed E-state index contributed by atoms with van der Waals surface area (Å²) in [7, 11) is 0. The van der Waals surface area contributed by atoms with Gasteiger partial charge in [-0.2, -0.15) is 0 Å². The summed E-state index contributed by atoms with van der Waals surface area (Å²) in [5, 5.41) is 21.6. The van der Waals surface area contributed by atoms with Crippen molar-refractivity contribution in [3.05, 3.63) is 34.2 Å². The van der Waals surface area contributed by atoms with E-state index in [9.17, 15) is 10.2 Å². The lowest BCUT2D eigenvalue weighted by molar-refractivity contribution is 0.439. The molecule has 5 heteroatoms. The summed E-state index contributed by atoms with van der Waals surface area (Å²) in [5.74, 6) is -0.134. The van der Waals surface area contributed by atoms with E-state index in [0.717, 1.165) is 0 Å². The summed E-state index contributed by atoms with van der Waals surface area (Å²) in [6.45, 7) is -0.0466. The number of hydrogen-bond donors (Lipinski definition) is 2. The Morgan fingerprint density at radius 2 is 1.92 bits per heavy atom. The second-order valence-corrected chi connectivity index (χ2v) is 2.16. The lowest BCUT2D eigenvalue weighted by Crippen LogP contribution is -1.82. The molecule has 0 unspecified atom stereocenters. The molecule has 62 valence electrons. The molecule has 1 aromatic rings. The van der Waals surface area contributed by atoms with Crippen LogP contribution in [0, 0.1) is 0 Å². The Hall–Kier alpha value is -1.87. The molecule has 5 nitrogen and oxygen atoms in total. The summed E-state index contributed by atoms with van der Waals surface area (Å²) in [6.07, 6.45) is 0. The van der Waals surface area contributed by atoms with E-state index in [4.69, 9.17) is 5.53 Å². The first kappa shape index (κ1) is 8.23. The van der Waals surface area contributed by atoms with E-state index in [1.165, 1.54) is 18.2 Å². The lowest BCUT2D eigenvalue weighted by atomic mass is 10.2. The third-order valence-corrected chi connectivity index (χ3v) is 1.42. The van der Waals surface area contributed by atoms with Crippen LogP contribution in [0.5, 0.6) is 11.5 Å². The molecule has 0 saturated carbocycles. The van der Waals surface area contributed by atoms with Crippen LogP contribution in [0.2, 0.25) is 0 Å². The Balaban J connectivity index is 3.03. The van der Waals surface area contributed by atoms with Crippen molar-refractivity contribution in [3.8, 4) is 11.5 Å². The normalized spacial score (nSPS) is 9.00. The van der Waals surface area contributed by atoms with Gasteiger partial charge in [0.15, 0.2) is 0 Å². The number of nitrogens with zero attached hydrogens (tertiary/aromatic N) is 3. The van der Waals surface area contributed by atoms with E-state index in [2.05, 4.69) is 10.0 Å². The number of phenolic OH excluding ortho intramolecular Hbond substituents is 2. The predicted molar refractivity (Wildman–Crippen MR) is 42.6 cm³/mol. The van der Waals surface area contributed by atoms with Gasteiger partial charge >= 0.3 is 0 Å². The van der Waals surface area contributed by atoms with Crippen molar-refractivity contribution in [3.63, 3.8) is 0 Å². The van der Waals surface area contributed by atoms with Gasteiger partial charge < -0.3 is 10.2 Å². The van der Waals surface area contributed by atoms with Gasteiger partial charge in [-0.1, -0.05) is 11.2 Å². The van der Waals surface area contributed by atoms with Crippen LogP contribution in [0.4, 0.5) is 0 Å². The lowest BCUT2D eigenvalue weighted by Gasteiger charge is -2.01. The third kappa shape index (κ3) is 1.59. The molecule has 12 heavy (non-hydrogen) atoms. The second-order valence-electron chi connectivity index (χ2n) is 2.16. The highest BCUT2D eigenvalue weighted by atomic mass is 16.3. The molecule has 0 heterocycles. The van der Waals surface area contributed by atoms with Crippen molar-refractivity contribution in [2.75, 3.05) is 0 Å². The van der Waals surface area contributed by atoms with Crippen molar-refractivity contribution in [1.29, 1.82) is 0 Å². The van der Waals surface area contributed by atoms with Crippen LogP contribution >= 0.6 is 0 Å². The fourth-order valence-electron chi connectivity index (χ4n) is 0.827. The maximum atomic E-state index is 9.17. The summed E-state index contributed by atoms with van der Waals surface area (Å²) in [4.78, 5) is 2.52. The number of benzene rings is 1. The van der Waals surface area contributed by atoms with Gasteiger partial charge in [-0.25, -0.2) is 0 Å². The number of aromatic hydroxyl groups is 2. The molecule has 0 bridgehead atoms. The minimum atomic E-state index is -0.0672. The van der Waals surface area contributed by atoms with E-state index in [0.29, 0.717) is 0 Å². The zero-order valence-electron chi connectivity index (χ0n) is 6.18. The fourth-order valence-corrected chi connectivity index (χ4v) is 0.827. The monoisotopic (exact) mass is 165 g/mol. The molecule has 0 radical (unpaired) electrons. The SMILES string of the molecule is [N-]=[N+]=NCc1c(O)cccc1O. The summed E-state index contributed by atoms with van der Waals surface area (Å²) in [6, 6.07) is 4.34. The van der Waals surface area contributed by atoms with Crippen LogP contribution in [-0.4, -0.2) is 10.2 Å². The van der Waals surface area contributed by atoms with E-state index >= 15 is 0 Å². The van der Waals surface area contributed by atoms with Crippen LogP contribution < -0.4 is 0 Å². The number of azide groups is 1. The first-order valence-electron chi connectivity index (χ1n) is 3.26. The molecule has 0 fully saturated rings. The van der Waals surface area contributed by atoms with Gasteiger partial charge in [0, 0.05) is 10.5 Å². The van der Waals surface area contributed by atoms with Gasteiger partial charge in [-0.3, -0.25) is 0 Å². The van der Waals surface area contributed by atoms with Gasteiger partial charge in [0.25, 0.3) is 0 Å². The van der Waals surface area contributed by atoms with Crippen LogP contribution in [0.25, 0.3) is 10.4 Å². The van der Waals surface area contributed by atoms with E-state index in [-0.39, 0.29) is 23.6 Å². The largest absolute Gasteiger partial charge is 0.508 e. The van der Waals surface area contributed by atoms with Crippen molar-refractivity contribution < 1.29 is 10.2 Å². The van der Waals surface area contributed by atoms with Crippen molar-refractivity contribution in [2.24, 2.45) is 5.11 Å². The molecule has 0 aliphatic carbocycles. The van der Waals surface area contributed by atoms with Gasteiger partial charge in [0.1, 0.15) is 11.5 Å². The van der Waals surface area contributed by atoms with E-state index < -0.39 is 0 Å². The molecule has 0 aromatic heterocycles. The Morgan fingerprint density at radius 3 is 2.42 bits per heavy atom. The maximum Gasteiger partial charge on any atom is 0.122 e. The quantitative estimate of drug-likeness (QED) is 0.398. The average molecular weight is 165 g/mol. The third-order valence-electron chi connectivity index (χ3n) is 1.42. The summed E-state index contributed by atoms with van der Waals surface area (Å²) >= 11 is 0. The molecule has 0 aliphatic heterocycles. The second kappa shape index (κ2) is 3.50. The van der Waals surface area contributed by atoms with Gasteiger partial charge in [-0.05, 0) is 17.7 Å². The number of hydrogen-bond acceptors (Lipinski definition) is 3. The highest BCUT2D eigenvalue weighted by Gasteiger charge is 2.03. The minimum absolute atomic E-state index is 0.0466. The molecule has 0 saturated heterocycles. The smallest absolute Gasteiger partial charge is 0.122 e. The van der Waals surface area contributed by atoms with Gasteiger partial charge in [-0.15, -0.1) is 0 Å². The molecule has 1 aromatic carbocycles. The Kier molecular flexibility index (Phi) is 2.40. The molecular weight excluding hydrogens is 158 g/mol. The van der Waals surface area contributed by atoms with Crippen molar-refractivity contribution in [2.45, 2.75) is 6.54 Å². The standard InChI is InChI=1S/C7H7N3O2/c8-10-9-4-5-6(11)2-1-3-7(5)12/h1-3,11-12H,4H2. The van der Waals surface area contributed by atoms with Crippen LogP contribution in [0.3, 0.4) is 0 Å². The van der Waals surface area contributed by atoms with Crippen LogP contribution in [-0.2, 0) is 6.54 Å². The molecule has 0 atom stereocenters. The number of phenols is 2. The van der Waals surface area contributed by atoms with Gasteiger partial charge in [0.2, 0.25) is 0 Å². The number of rotatable bonds is 2. The maximum absolute atomic E-state index is 9.17. The zero-order chi connectivity index (χ0) is 8.97. The van der Waals surface area contributed by atoms with Crippen molar-refractivity contribution in [1.82, 2.24) is 0 Å². The molecule has 0 amide bonds. The average Bonchev–Trinajstić information content (AvgIpc) is 2.04. The summed E-state index contributed by atoms with van der Waals surface area (Å²) in [5.41, 5.74) is 8.25. The molecule has 1 rings (SSSR count). The van der Waals surface area contributed by atoms with Crippen molar-refractivity contribution >= 4 is 0 Å². The Morgan fingerprint density at radius 1 is 1.33 bits per heavy atom. The fraction of sp³-hybridized carbons (Fsp3) is 0.143. The molecular formula is C7H7N3O2. The van der Waals surface area contributed by atoms with Gasteiger partial charge in [0.05, 0.1) is 6.54 Å². The molecule has 0 spiro atoms. The first-order valence-corrected chi connectivity index (χ1v) is 3.26. The highest BCUT2D eigenvalue weighted by Crippen LogP contribution is 2.26. The Labute approximate surface area is 68.5 Å². The van der Waals surface area contributed by atoms with E-state index in [1.54, 1.807) is 0 Å². The zero-order valence-corrected chi connectivity index (χ0v) is 6.18.